The van der Waals surface area contributed by atoms with Crippen molar-refractivity contribution in [2.75, 3.05) is 6.61 Å². The number of hydrogen-bond donors (Lipinski definition) is 0. The zero-order valence-corrected chi connectivity index (χ0v) is 9.02. The molecule has 1 aromatic carbocycles. The van der Waals surface area contributed by atoms with E-state index >= 15 is 0 Å². The normalized spacial score (nSPS) is 10.3. The SMILES string of the molecule is C#CCOc1cccc(/C=N\n2cnnc2)c1. The number of benzene rings is 1. The molecular formula is C12H10N4O. The van der Waals surface area contributed by atoms with Gasteiger partial charge in [-0.2, -0.15) is 5.10 Å². The number of aromatic nitrogens is 3. The van der Waals surface area contributed by atoms with E-state index in [-0.39, 0.29) is 6.61 Å². The monoisotopic (exact) mass is 226 g/mol. The number of rotatable bonds is 4. The fraction of sp³-hybridized carbons (Fsp3) is 0.0833. The van der Waals surface area contributed by atoms with Gasteiger partial charge in [0.15, 0.2) is 0 Å². The van der Waals surface area contributed by atoms with Crippen molar-refractivity contribution in [3.05, 3.63) is 42.5 Å². The van der Waals surface area contributed by atoms with Gasteiger partial charge in [0.2, 0.25) is 0 Å². The zero-order valence-electron chi connectivity index (χ0n) is 9.02. The summed E-state index contributed by atoms with van der Waals surface area (Å²) in [4.78, 5) is 0. The van der Waals surface area contributed by atoms with E-state index in [1.165, 1.54) is 17.3 Å². The van der Waals surface area contributed by atoms with E-state index in [0.29, 0.717) is 0 Å². The van der Waals surface area contributed by atoms with Crippen molar-refractivity contribution in [3.63, 3.8) is 0 Å². The molecule has 0 bridgehead atoms. The molecule has 17 heavy (non-hydrogen) atoms. The molecule has 84 valence electrons. The predicted molar refractivity (Wildman–Crippen MR) is 63.8 cm³/mol. The summed E-state index contributed by atoms with van der Waals surface area (Å²) >= 11 is 0. The Bertz CT molecular complexity index is 540. The maximum atomic E-state index is 5.30. The van der Waals surface area contributed by atoms with E-state index in [1.54, 1.807) is 6.21 Å². The Morgan fingerprint density at radius 3 is 3.00 bits per heavy atom. The van der Waals surface area contributed by atoms with Crippen molar-refractivity contribution in [2.45, 2.75) is 0 Å². The molecule has 0 saturated carbocycles. The number of terminal acetylenes is 1. The van der Waals surface area contributed by atoms with Crippen molar-refractivity contribution >= 4 is 6.21 Å². The molecule has 1 heterocycles. The van der Waals surface area contributed by atoms with Crippen LogP contribution < -0.4 is 4.74 Å². The Labute approximate surface area is 98.8 Å². The van der Waals surface area contributed by atoms with Crippen LogP contribution >= 0.6 is 0 Å². The van der Waals surface area contributed by atoms with Gasteiger partial charge in [0.25, 0.3) is 0 Å². The van der Waals surface area contributed by atoms with E-state index < -0.39 is 0 Å². The standard InChI is InChI=1S/C12H10N4O/c1-2-6-17-12-5-3-4-11(7-12)8-15-16-9-13-14-10-16/h1,3-5,7-10H,6H2/b15-8-. The average molecular weight is 226 g/mol. The first-order valence-corrected chi connectivity index (χ1v) is 4.94. The summed E-state index contributed by atoms with van der Waals surface area (Å²) in [6, 6.07) is 7.48. The van der Waals surface area contributed by atoms with E-state index in [4.69, 9.17) is 11.2 Å². The summed E-state index contributed by atoms with van der Waals surface area (Å²) in [6.07, 6.45) is 9.82. The second-order valence-electron chi connectivity index (χ2n) is 3.15. The summed E-state index contributed by atoms with van der Waals surface area (Å²) in [5.41, 5.74) is 0.910. The van der Waals surface area contributed by atoms with Gasteiger partial charge in [-0.25, -0.2) is 4.68 Å². The van der Waals surface area contributed by atoms with Gasteiger partial charge in [0.1, 0.15) is 25.0 Å². The van der Waals surface area contributed by atoms with Gasteiger partial charge in [0, 0.05) is 0 Å². The van der Waals surface area contributed by atoms with E-state index in [0.717, 1.165) is 11.3 Å². The largest absolute Gasteiger partial charge is 0.481 e. The van der Waals surface area contributed by atoms with Gasteiger partial charge in [-0.05, 0) is 17.7 Å². The molecular weight excluding hydrogens is 216 g/mol. The molecule has 1 aromatic heterocycles. The summed E-state index contributed by atoms with van der Waals surface area (Å²) in [5.74, 6) is 3.13. The van der Waals surface area contributed by atoms with Gasteiger partial charge in [-0.3, -0.25) is 0 Å². The minimum absolute atomic E-state index is 0.256. The molecule has 0 saturated heterocycles. The van der Waals surface area contributed by atoms with Crippen LogP contribution in [-0.2, 0) is 0 Å². The number of hydrogen-bond acceptors (Lipinski definition) is 4. The molecule has 0 N–H and O–H groups in total. The Kier molecular flexibility index (Phi) is 3.50. The molecule has 2 aromatic rings. The van der Waals surface area contributed by atoms with Gasteiger partial charge < -0.3 is 4.74 Å². The lowest BCUT2D eigenvalue weighted by Gasteiger charge is -2.02. The zero-order chi connectivity index (χ0) is 11.9. The van der Waals surface area contributed by atoms with Crippen molar-refractivity contribution in [1.82, 2.24) is 14.9 Å². The van der Waals surface area contributed by atoms with E-state index in [9.17, 15) is 0 Å². The van der Waals surface area contributed by atoms with Crippen molar-refractivity contribution < 1.29 is 4.74 Å². The van der Waals surface area contributed by atoms with Crippen LogP contribution in [0, 0.1) is 12.3 Å². The van der Waals surface area contributed by atoms with Crippen LogP contribution in [0.3, 0.4) is 0 Å². The summed E-state index contributed by atoms with van der Waals surface area (Å²) < 4.78 is 6.81. The highest BCUT2D eigenvalue weighted by Crippen LogP contribution is 2.11. The summed E-state index contributed by atoms with van der Waals surface area (Å²) in [6.45, 7) is 0.256. The molecule has 0 aliphatic carbocycles. The first-order chi connectivity index (χ1) is 8.38. The molecule has 2 rings (SSSR count). The van der Waals surface area contributed by atoms with Crippen molar-refractivity contribution in [3.8, 4) is 18.1 Å². The second-order valence-corrected chi connectivity index (χ2v) is 3.15. The van der Waals surface area contributed by atoms with Crippen LogP contribution in [0.4, 0.5) is 0 Å². The van der Waals surface area contributed by atoms with Gasteiger partial charge in [-0.1, -0.05) is 18.1 Å². The predicted octanol–water partition coefficient (Wildman–Crippen LogP) is 1.17. The molecule has 0 aliphatic rings. The molecule has 0 amide bonds. The van der Waals surface area contributed by atoms with Gasteiger partial charge in [0.05, 0.1) is 6.21 Å². The number of ether oxygens (including phenoxy) is 1. The lowest BCUT2D eigenvalue weighted by atomic mass is 10.2. The van der Waals surface area contributed by atoms with Crippen LogP contribution in [0.2, 0.25) is 0 Å². The molecule has 0 fully saturated rings. The van der Waals surface area contributed by atoms with Crippen LogP contribution in [0.1, 0.15) is 5.56 Å². The fourth-order valence-electron chi connectivity index (χ4n) is 1.20. The van der Waals surface area contributed by atoms with Crippen LogP contribution in [0.25, 0.3) is 0 Å². The maximum Gasteiger partial charge on any atom is 0.148 e. The van der Waals surface area contributed by atoms with E-state index in [1.807, 2.05) is 24.3 Å². The molecule has 0 radical (unpaired) electrons. The quantitative estimate of drug-likeness (QED) is 0.581. The molecule has 0 spiro atoms. The molecule has 5 heteroatoms. The average Bonchev–Trinajstić information content (AvgIpc) is 2.87. The summed E-state index contributed by atoms with van der Waals surface area (Å²) in [5, 5.41) is 11.4. The molecule has 0 aliphatic heterocycles. The van der Waals surface area contributed by atoms with Gasteiger partial charge in [-0.15, -0.1) is 16.6 Å². The molecule has 0 unspecified atom stereocenters. The van der Waals surface area contributed by atoms with E-state index in [2.05, 4.69) is 21.2 Å². The highest BCUT2D eigenvalue weighted by atomic mass is 16.5. The second kappa shape index (κ2) is 5.47. The van der Waals surface area contributed by atoms with Crippen LogP contribution in [0.15, 0.2) is 42.0 Å². The highest BCUT2D eigenvalue weighted by Gasteiger charge is 1.94. The smallest absolute Gasteiger partial charge is 0.148 e. The van der Waals surface area contributed by atoms with Crippen molar-refractivity contribution in [1.29, 1.82) is 0 Å². The maximum absolute atomic E-state index is 5.30. The minimum atomic E-state index is 0.256. The molecule has 0 atom stereocenters. The lowest BCUT2D eigenvalue weighted by Crippen LogP contribution is -1.94. The topological polar surface area (TPSA) is 52.3 Å². The third kappa shape index (κ3) is 3.18. The third-order valence-electron chi connectivity index (χ3n) is 1.93. The van der Waals surface area contributed by atoms with Crippen LogP contribution in [-0.4, -0.2) is 27.7 Å². The fourth-order valence-corrected chi connectivity index (χ4v) is 1.20. The Hall–Kier alpha value is -2.61. The summed E-state index contributed by atoms with van der Waals surface area (Å²) in [7, 11) is 0. The minimum Gasteiger partial charge on any atom is -0.481 e. The first kappa shape index (κ1) is 10.9. The molecule has 5 nitrogen and oxygen atoms in total. The highest BCUT2D eigenvalue weighted by molar-refractivity contribution is 5.80. The van der Waals surface area contributed by atoms with Crippen LogP contribution in [0.5, 0.6) is 5.75 Å². The van der Waals surface area contributed by atoms with Crippen molar-refractivity contribution in [2.24, 2.45) is 5.10 Å². The lowest BCUT2D eigenvalue weighted by molar-refractivity contribution is 0.370. The van der Waals surface area contributed by atoms with Gasteiger partial charge >= 0.3 is 0 Å². The first-order valence-electron chi connectivity index (χ1n) is 4.94. The Morgan fingerprint density at radius 1 is 1.41 bits per heavy atom. The number of nitrogens with zero attached hydrogens (tertiary/aromatic N) is 4. The third-order valence-corrected chi connectivity index (χ3v) is 1.93. The Morgan fingerprint density at radius 2 is 2.24 bits per heavy atom. The Balaban J connectivity index is 2.09.